The number of aryl methyl sites for hydroxylation is 3. The fourth-order valence-corrected chi connectivity index (χ4v) is 3.73. The molecule has 0 unspecified atom stereocenters. The molecule has 6 nitrogen and oxygen atoms in total. The van der Waals surface area contributed by atoms with Crippen molar-refractivity contribution in [1.29, 1.82) is 0 Å². The van der Waals surface area contributed by atoms with Gasteiger partial charge < -0.3 is 9.47 Å². The minimum absolute atomic E-state index is 0.725. The van der Waals surface area contributed by atoms with Crippen LogP contribution in [0.2, 0.25) is 0 Å². The largest absolute Gasteiger partial charge is 0.493 e. The first-order valence-electron chi connectivity index (χ1n) is 8.23. The highest BCUT2D eigenvalue weighted by Gasteiger charge is 2.14. The summed E-state index contributed by atoms with van der Waals surface area (Å²) in [6, 6.07) is 10.2. The van der Waals surface area contributed by atoms with Gasteiger partial charge in [0.2, 0.25) is 5.16 Å². The Bertz CT molecular complexity index is 924. The Morgan fingerprint density at radius 3 is 2.38 bits per heavy atom. The number of aromatic nitrogens is 4. The van der Waals surface area contributed by atoms with Crippen LogP contribution in [0.15, 0.2) is 35.5 Å². The van der Waals surface area contributed by atoms with Crippen molar-refractivity contribution in [2.45, 2.75) is 31.7 Å². The summed E-state index contributed by atoms with van der Waals surface area (Å²) in [6.07, 6.45) is 0. The summed E-state index contributed by atoms with van der Waals surface area (Å²) in [6.45, 7) is 6.20. The molecular formula is C19H22N4O2S. The van der Waals surface area contributed by atoms with Crippen LogP contribution in [-0.2, 0) is 5.75 Å². The molecule has 0 spiro atoms. The maximum absolute atomic E-state index is 5.41. The van der Waals surface area contributed by atoms with Crippen molar-refractivity contribution in [3.63, 3.8) is 0 Å². The molecule has 0 fully saturated rings. The van der Waals surface area contributed by atoms with Crippen LogP contribution in [0.1, 0.15) is 22.3 Å². The monoisotopic (exact) mass is 370 g/mol. The smallest absolute Gasteiger partial charge is 0.214 e. The van der Waals surface area contributed by atoms with Crippen molar-refractivity contribution in [2.75, 3.05) is 14.2 Å². The summed E-state index contributed by atoms with van der Waals surface area (Å²) >= 11 is 1.59. The second kappa shape index (κ2) is 7.78. The van der Waals surface area contributed by atoms with Crippen LogP contribution in [0.5, 0.6) is 11.5 Å². The highest BCUT2D eigenvalue weighted by atomic mass is 32.2. The highest BCUT2D eigenvalue weighted by Crippen LogP contribution is 2.33. The molecule has 0 aliphatic carbocycles. The second-order valence-electron chi connectivity index (χ2n) is 6.09. The first-order valence-corrected chi connectivity index (χ1v) is 9.22. The SMILES string of the molecule is COc1cc(C)c(CSc2nnnn2-c2ccc(C)cc2C)cc1OC. The van der Waals surface area contributed by atoms with Gasteiger partial charge in [0, 0.05) is 5.75 Å². The zero-order chi connectivity index (χ0) is 18.7. The molecule has 3 aromatic rings. The van der Waals surface area contributed by atoms with Crippen molar-refractivity contribution in [3.8, 4) is 17.2 Å². The summed E-state index contributed by atoms with van der Waals surface area (Å²) in [5.74, 6) is 2.19. The quantitative estimate of drug-likeness (QED) is 0.613. The summed E-state index contributed by atoms with van der Waals surface area (Å²) in [5, 5.41) is 13.0. The molecule has 0 aliphatic rings. The minimum atomic E-state index is 0.725. The molecule has 1 aromatic heterocycles. The van der Waals surface area contributed by atoms with E-state index in [1.54, 1.807) is 30.7 Å². The van der Waals surface area contributed by atoms with Crippen LogP contribution < -0.4 is 9.47 Å². The Morgan fingerprint density at radius 1 is 0.962 bits per heavy atom. The molecule has 0 atom stereocenters. The Morgan fingerprint density at radius 2 is 1.69 bits per heavy atom. The van der Waals surface area contributed by atoms with Crippen molar-refractivity contribution in [3.05, 3.63) is 52.6 Å². The normalized spacial score (nSPS) is 10.8. The summed E-state index contributed by atoms with van der Waals surface area (Å²) in [7, 11) is 3.29. The number of nitrogens with zero attached hydrogens (tertiary/aromatic N) is 4. The maximum atomic E-state index is 5.41. The molecule has 0 saturated heterocycles. The van der Waals surface area contributed by atoms with Crippen LogP contribution in [0.3, 0.4) is 0 Å². The molecule has 0 amide bonds. The molecule has 3 rings (SSSR count). The van der Waals surface area contributed by atoms with E-state index in [4.69, 9.17) is 9.47 Å². The maximum Gasteiger partial charge on any atom is 0.214 e. The van der Waals surface area contributed by atoms with Crippen LogP contribution in [0.25, 0.3) is 5.69 Å². The van der Waals surface area contributed by atoms with Gasteiger partial charge in [-0.3, -0.25) is 0 Å². The van der Waals surface area contributed by atoms with E-state index in [2.05, 4.69) is 48.4 Å². The molecule has 0 radical (unpaired) electrons. The minimum Gasteiger partial charge on any atom is -0.493 e. The molecule has 1 heterocycles. The number of rotatable bonds is 6. The summed E-state index contributed by atoms with van der Waals surface area (Å²) in [5.41, 5.74) is 5.64. The number of hydrogen-bond donors (Lipinski definition) is 0. The first-order chi connectivity index (χ1) is 12.5. The van der Waals surface area contributed by atoms with Gasteiger partial charge in [-0.05, 0) is 66.1 Å². The van der Waals surface area contributed by atoms with E-state index in [1.807, 2.05) is 18.2 Å². The predicted octanol–water partition coefficient (Wildman–Crippen LogP) is 3.90. The van der Waals surface area contributed by atoms with E-state index in [0.717, 1.165) is 44.8 Å². The second-order valence-corrected chi connectivity index (χ2v) is 7.03. The number of hydrogen-bond acceptors (Lipinski definition) is 6. The first kappa shape index (κ1) is 18.3. The van der Waals surface area contributed by atoms with Gasteiger partial charge in [-0.1, -0.05) is 29.5 Å². The number of benzene rings is 2. The predicted molar refractivity (Wildman–Crippen MR) is 102 cm³/mol. The lowest BCUT2D eigenvalue weighted by molar-refractivity contribution is 0.354. The lowest BCUT2D eigenvalue weighted by Crippen LogP contribution is -2.02. The molecule has 0 aliphatic heterocycles. The van der Waals surface area contributed by atoms with Gasteiger partial charge in [0.15, 0.2) is 11.5 Å². The zero-order valence-electron chi connectivity index (χ0n) is 15.6. The van der Waals surface area contributed by atoms with Gasteiger partial charge in [0.05, 0.1) is 19.9 Å². The topological polar surface area (TPSA) is 62.1 Å². The molecule has 0 bridgehead atoms. The Labute approximate surface area is 157 Å². The lowest BCUT2D eigenvalue weighted by Gasteiger charge is -2.13. The summed E-state index contributed by atoms with van der Waals surface area (Å²) in [4.78, 5) is 0. The highest BCUT2D eigenvalue weighted by molar-refractivity contribution is 7.98. The third kappa shape index (κ3) is 3.67. The van der Waals surface area contributed by atoms with Crippen molar-refractivity contribution in [1.82, 2.24) is 20.2 Å². The summed E-state index contributed by atoms with van der Waals surface area (Å²) < 4.78 is 12.6. The number of methoxy groups -OCH3 is 2. The number of tetrazole rings is 1. The zero-order valence-corrected chi connectivity index (χ0v) is 16.4. The van der Waals surface area contributed by atoms with Crippen LogP contribution >= 0.6 is 11.8 Å². The molecule has 26 heavy (non-hydrogen) atoms. The fraction of sp³-hybridized carbons (Fsp3) is 0.316. The van der Waals surface area contributed by atoms with E-state index in [-0.39, 0.29) is 0 Å². The van der Waals surface area contributed by atoms with Crippen LogP contribution in [-0.4, -0.2) is 34.4 Å². The van der Waals surface area contributed by atoms with Crippen molar-refractivity contribution < 1.29 is 9.47 Å². The van der Waals surface area contributed by atoms with Gasteiger partial charge in [-0.15, -0.1) is 5.10 Å². The van der Waals surface area contributed by atoms with Gasteiger partial charge in [-0.25, -0.2) is 0 Å². The lowest BCUT2D eigenvalue weighted by atomic mass is 10.1. The Hall–Kier alpha value is -2.54. The van der Waals surface area contributed by atoms with Crippen molar-refractivity contribution >= 4 is 11.8 Å². The molecule has 0 N–H and O–H groups in total. The third-order valence-corrected chi connectivity index (χ3v) is 5.19. The number of ether oxygens (including phenoxy) is 2. The number of thioether (sulfide) groups is 1. The average molecular weight is 370 g/mol. The van der Waals surface area contributed by atoms with E-state index in [0.29, 0.717) is 0 Å². The van der Waals surface area contributed by atoms with E-state index in [9.17, 15) is 0 Å². The van der Waals surface area contributed by atoms with Crippen LogP contribution in [0, 0.1) is 20.8 Å². The molecular weight excluding hydrogens is 348 g/mol. The molecule has 0 saturated carbocycles. The standard InChI is InChI=1S/C19H22N4O2S/c1-12-6-7-16(14(3)8-12)23-19(20-21-22-23)26-11-15-10-18(25-5)17(24-4)9-13(15)2/h6-10H,11H2,1-5H3. The fourth-order valence-electron chi connectivity index (χ4n) is 2.78. The van der Waals surface area contributed by atoms with E-state index < -0.39 is 0 Å². The molecule has 136 valence electrons. The van der Waals surface area contributed by atoms with Gasteiger partial charge >= 0.3 is 0 Å². The third-order valence-electron chi connectivity index (χ3n) is 4.22. The van der Waals surface area contributed by atoms with Crippen molar-refractivity contribution in [2.24, 2.45) is 0 Å². The van der Waals surface area contributed by atoms with E-state index >= 15 is 0 Å². The van der Waals surface area contributed by atoms with Crippen LogP contribution in [0.4, 0.5) is 0 Å². The molecule has 2 aromatic carbocycles. The van der Waals surface area contributed by atoms with Gasteiger partial charge in [0.1, 0.15) is 0 Å². The Balaban J connectivity index is 1.85. The van der Waals surface area contributed by atoms with Gasteiger partial charge in [0.25, 0.3) is 0 Å². The molecule has 7 heteroatoms. The van der Waals surface area contributed by atoms with Gasteiger partial charge in [-0.2, -0.15) is 4.68 Å². The average Bonchev–Trinajstić information content (AvgIpc) is 3.08. The van der Waals surface area contributed by atoms with E-state index in [1.165, 1.54) is 5.56 Å². The Kier molecular flexibility index (Phi) is 5.46.